The molecule has 0 amide bonds. The van der Waals surface area contributed by atoms with Gasteiger partial charge in [-0.25, -0.2) is 0 Å². The van der Waals surface area contributed by atoms with Crippen molar-refractivity contribution in [3.05, 3.63) is 0 Å². The second-order valence-electron chi connectivity index (χ2n) is 6.61. The average molecular weight is 348 g/mol. The summed E-state index contributed by atoms with van der Waals surface area (Å²) < 4.78 is 81.4. The van der Waals surface area contributed by atoms with Crippen molar-refractivity contribution in [3.63, 3.8) is 0 Å². The molecule has 2 aliphatic rings. The number of ether oxygens (including phenoxy) is 1. The zero-order valence-corrected chi connectivity index (χ0v) is 12.4. The van der Waals surface area contributed by atoms with E-state index in [-0.39, 0.29) is 30.8 Å². The quantitative estimate of drug-likeness (QED) is 0.625. The first-order chi connectivity index (χ1) is 10.3. The van der Waals surface area contributed by atoms with Crippen molar-refractivity contribution in [1.29, 1.82) is 0 Å². The summed E-state index contributed by atoms with van der Waals surface area (Å²) in [7, 11) is 0. The zero-order chi connectivity index (χ0) is 17.6. The van der Waals surface area contributed by atoms with Gasteiger partial charge in [0.05, 0.1) is 6.61 Å². The van der Waals surface area contributed by atoms with Gasteiger partial charge < -0.3 is 9.84 Å². The van der Waals surface area contributed by atoms with Crippen molar-refractivity contribution in [2.24, 2.45) is 23.7 Å². The minimum absolute atomic E-state index is 0.0231. The lowest BCUT2D eigenvalue weighted by Gasteiger charge is -2.37. The molecular formula is C14H18F6O3. The second kappa shape index (κ2) is 5.82. The summed E-state index contributed by atoms with van der Waals surface area (Å²) in [6.45, 7) is 1.38. The second-order valence-corrected chi connectivity index (χ2v) is 6.61. The summed E-state index contributed by atoms with van der Waals surface area (Å²) in [6.07, 6.45) is -11.8. The molecular weight excluding hydrogens is 330 g/mol. The predicted octanol–water partition coefficient (Wildman–Crippen LogP) is 3.46. The van der Waals surface area contributed by atoms with Crippen LogP contribution in [0.5, 0.6) is 0 Å². The van der Waals surface area contributed by atoms with Crippen LogP contribution in [0.2, 0.25) is 0 Å². The number of fused-ring (bicyclic) bond motifs is 2. The molecule has 9 heteroatoms. The molecule has 2 fully saturated rings. The number of halogens is 6. The number of alkyl halides is 6. The van der Waals surface area contributed by atoms with Gasteiger partial charge >= 0.3 is 18.3 Å². The maximum atomic E-state index is 12.8. The third kappa shape index (κ3) is 3.44. The van der Waals surface area contributed by atoms with Gasteiger partial charge in [0.25, 0.3) is 5.60 Å². The van der Waals surface area contributed by atoms with E-state index in [1.54, 1.807) is 0 Å². The van der Waals surface area contributed by atoms with Crippen molar-refractivity contribution in [1.82, 2.24) is 0 Å². The van der Waals surface area contributed by atoms with E-state index in [4.69, 9.17) is 4.74 Å². The zero-order valence-electron chi connectivity index (χ0n) is 12.4. The number of rotatable bonds is 4. The first-order valence-electron chi connectivity index (χ1n) is 7.34. The Morgan fingerprint density at radius 1 is 1.00 bits per heavy atom. The number of hydrogen-bond acceptors (Lipinski definition) is 3. The van der Waals surface area contributed by atoms with Crippen molar-refractivity contribution in [2.45, 2.75) is 50.6 Å². The molecule has 1 N–H and O–H groups in total. The fourth-order valence-corrected chi connectivity index (χ4v) is 3.96. The maximum absolute atomic E-state index is 12.8. The van der Waals surface area contributed by atoms with Crippen LogP contribution in [0.25, 0.3) is 0 Å². The van der Waals surface area contributed by atoms with E-state index in [0.717, 1.165) is 0 Å². The van der Waals surface area contributed by atoms with Crippen molar-refractivity contribution in [2.75, 3.05) is 6.61 Å². The van der Waals surface area contributed by atoms with E-state index < -0.39 is 36.3 Å². The van der Waals surface area contributed by atoms with Gasteiger partial charge in [-0.05, 0) is 49.4 Å². The molecule has 3 nitrogen and oxygen atoms in total. The maximum Gasteiger partial charge on any atom is 0.426 e. The third-order valence-electron chi connectivity index (χ3n) is 5.15. The highest BCUT2D eigenvalue weighted by atomic mass is 19.4. The van der Waals surface area contributed by atoms with Crippen LogP contribution in [0.1, 0.15) is 32.6 Å². The highest BCUT2D eigenvalue weighted by Gasteiger charge is 2.71. The van der Waals surface area contributed by atoms with E-state index in [9.17, 15) is 36.2 Å². The molecule has 0 aromatic rings. The van der Waals surface area contributed by atoms with E-state index in [1.165, 1.54) is 6.92 Å². The molecule has 0 radical (unpaired) electrons. The summed E-state index contributed by atoms with van der Waals surface area (Å²) in [5.74, 6) is -1.69. The summed E-state index contributed by atoms with van der Waals surface area (Å²) >= 11 is 0. The van der Waals surface area contributed by atoms with Crippen molar-refractivity contribution >= 4 is 5.97 Å². The van der Waals surface area contributed by atoms with Gasteiger partial charge in [-0.3, -0.25) is 4.79 Å². The van der Waals surface area contributed by atoms with Gasteiger partial charge in [-0.2, -0.15) is 26.3 Å². The molecule has 4 unspecified atom stereocenters. The van der Waals surface area contributed by atoms with Crippen molar-refractivity contribution in [3.8, 4) is 0 Å². The van der Waals surface area contributed by atoms with Crippen LogP contribution in [0, 0.1) is 23.7 Å². The van der Waals surface area contributed by atoms with E-state index in [0.29, 0.717) is 12.8 Å². The standard InChI is InChI=1S/C14H18F6O3/c1-7(21)23-6-11-4-8-2-9(11)3-10(8)5-12(22,13(15,16)17)14(18,19)20/h8-11,22H,2-6H2,1H3. The molecule has 0 aromatic carbocycles. The molecule has 0 aliphatic heterocycles. The lowest BCUT2D eigenvalue weighted by atomic mass is 9.76. The summed E-state index contributed by atoms with van der Waals surface area (Å²) in [5.41, 5.74) is -4.67. The van der Waals surface area contributed by atoms with Crippen molar-refractivity contribution < 1.29 is 41.0 Å². The van der Waals surface area contributed by atoms with E-state index in [2.05, 4.69) is 0 Å². The molecule has 134 valence electrons. The Bertz CT molecular complexity index is 444. The summed E-state index contributed by atoms with van der Waals surface area (Å²) in [6, 6.07) is 0. The van der Waals surface area contributed by atoms with Gasteiger partial charge in [0.2, 0.25) is 0 Å². The summed E-state index contributed by atoms with van der Waals surface area (Å²) in [4.78, 5) is 10.8. The molecule has 0 spiro atoms. The van der Waals surface area contributed by atoms with Crippen LogP contribution in [0.4, 0.5) is 26.3 Å². The molecule has 0 saturated heterocycles. The van der Waals surface area contributed by atoms with Crippen LogP contribution in [0.3, 0.4) is 0 Å². The summed E-state index contributed by atoms with van der Waals surface area (Å²) in [5, 5.41) is 9.30. The predicted molar refractivity (Wildman–Crippen MR) is 66.1 cm³/mol. The first kappa shape index (κ1) is 18.4. The number of carbonyl (C=O) groups excluding carboxylic acids is 1. The average Bonchev–Trinajstić information content (AvgIpc) is 2.92. The van der Waals surface area contributed by atoms with Gasteiger partial charge in [0, 0.05) is 6.92 Å². The fourth-order valence-electron chi connectivity index (χ4n) is 3.96. The Balaban J connectivity index is 2.02. The number of esters is 1. The number of hydrogen-bond donors (Lipinski definition) is 1. The van der Waals surface area contributed by atoms with Crippen LogP contribution in [-0.2, 0) is 9.53 Å². The van der Waals surface area contributed by atoms with Crippen LogP contribution in [-0.4, -0.2) is 35.6 Å². The monoisotopic (exact) mass is 348 g/mol. The largest absolute Gasteiger partial charge is 0.466 e. The molecule has 0 heterocycles. The Morgan fingerprint density at radius 2 is 1.48 bits per heavy atom. The third-order valence-corrected chi connectivity index (χ3v) is 5.15. The molecule has 4 atom stereocenters. The Morgan fingerprint density at radius 3 is 1.87 bits per heavy atom. The fraction of sp³-hybridized carbons (Fsp3) is 0.929. The van der Waals surface area contributed by atoms with Gasteiger partial charge in [0.1, 0.15) is 0 Å². The lowest BCUT2D eigenvalue weighted by Crippen LogP contribution is -2.58. The van der Waals surface area contributed by atoms with Crippen LogP contribution < -0.4 is 0 Å². The smallest absolute Gasteiger partial charge is 0.426 e. The Hall–Kier alpha value is -0.990. The van der Waals surface area contributed by atoms with Gasteiger partial charge in [-0.1, -0.05) is 0 Å². The normalized spacial score (nSPS) is 31.5. The van der Waals surface area contributed by atoms with Crippen LogP contribution in [0.15, 0.2) is 0 Å². The topological polar surface area (TPSA) is 46.5 Å². The van der Waals surface area contributed by atoms with E-state index >= 15 is 0 Å². The Kier molecular flexibility index (Phi) is 4.65. The molecule has 2 saturated carbocycles. The van der Waals surface area contributed by atoms with E-state index in [1.807, 2.05) is 0 Å². The van der Waals surface area contributed by atoms with Gasteiger partial charge in [-0.15, -0.1) is 0 Å². The number of carbonyl (C=O) groups is 1. The minimum atomic E-state index is -5.76. The molecule has 2 rings (SSSR count). The number of aliphatic hydroxyl groups is 1. The highest BCUT2D eigenvalue weighted by molar-refractivity contribution is 5.65. The molecule has 0 aromatic heterocycles. The van der Waals surface area contributed by atoms with Crippen LogP contribution >= 0.6 is 0 Å². The minimum Gasteiger partial charge on any atom is -0.466 e. The van der Waals surface area contributed by atoms with Gasteiger partial charge in [0.15, 0.2) is 0 Å². The molecule has 2 bridgehead atoms. The highest BCUT2D eigenvalue weighted by Crippen LogP contribution is 2.57. The molecule has 23 heavy (non-hydrogen) atoms. The first-order valence-corrected chi connectivity index (χ1v) is 7.34. The SMILES string of the molecule is CC(=O)OCC1CC2CC1CC2CC(O)(C(F)(F)F)C(F)(F)F. The Labute approximate surface area is 129 Å². The molecule has 2 aliphatic carbocycles. The lowest BCUT2D eigenvalue weighted by molar-refractivity contribution is -0.373.